The normalized spacial score (nSPS) is 11.8. The summed E-state index contributed by atoms with van der Waals surface area (Å²) in [5, 5.41) is 10.6. The van der Waals surface area contributed by atoms with Crippen LogP contribution in [0.15, 0.2) is 30.6 Å². The van der Waals surface area contributed by atoms with Crippen LogP contribution in [0.25, 0.3) is 27.8 Å². The van der Waals surface area contributed by atoms with E-state index < -0.39 is 0 Å². The van der Waals surface area contributed by atoms with Crippen molar-refractivity contribution in [1.29, 1.82) is 0 Å². The molecule has 3 aromatic heterocycles. The molecule has 0 amide bonds. The average molecular weight is 210 g/mol. The summed E-state index contributed by atoms with van der Waals surface area (Å²) >= 11 is 0. The van der Waals surface area contributed by atoms with Crippen molar-refractivity contribution in [3.8, 4) is 0 Å². The molecule has 0 aliphatic carbocycles. The Morgan fingerprint density at radius 3 is 3.06 bits per heavy atom. The van der Waals surface area contributed by atoms with Crippen LogP contribution in [0.2, 0.25) is 0 Å². The molecule has 0 aliphatic rings. The van der Waals surface area contributed by atoms with Gasteiger partial charge in [-0.2, -0.15) is 10.3 Å². The minimum absolute atomic E-state index is 0.586. The van der Waals surface area contributed by atoms with Gasteiger partial charge in [-0.1, -0.05) is 12.1 Å². The number of aromatic nitrogens is 6. The van der Waals surface area contributed by atoms with Gasteiger partial charge in [0.05, 0.1) is 11.0 Å². The van der Waals surface area contributed by atoms with Crippen molar-refractivity contribution >= 4 is 27.8 Å². The lowest BCUT2D eigenvalue weighted by Gasteiger charge is -1.92. The summed E-state index contributed by atoms with van der Waals surface area (Å²) in [6, 6.07) is 7.91. The molecule has 0 bridgehead atoms. The van der Waals surface area contributed by atoms with E-state index >= 15 is 0 Å². The van der Waals surface area contributed by atoms with Gasteiger partial charge in [0.15, 0.2) is 11.2 Å². The van der Waals surface area contributed by atoms with Gasteiger partial charge in [0.1, 0.15) is 6.33 Å². The summed E-state index contributed by atoms with van der Waals surface area (Å²) in [4.78, 5) is 8.73. The summed E-state index contributed by atoms with van der Waals surface area (Å²) < 4.78 is 1.92. The maximum absolute atomic E-state index is 4.52. The minimum atomic E-state index is 0.586. The van der Waals surface area contributed by atoms with Gasteiger partial charge in [-0.25, -0.2) is 9.97 Å². The van der Waals surface area contributed by atoms with Crippen LogP contribution in [-0.4, -0.2) is 29.8 Å². The first-order valence-electron chi connectivity index (χ1n) is 4.86. The molecule has 16 heavy (non-hydrogen) atoms. The molecule has 0 aliphatic heterocycles. The zero-order chi connectivity index (χ0) is 10.5. The van der Waals surface area contributed by atoms with Gasteiger partial charge in [0, 0.05) is 0 Å². The van der Waals surface area contributed by atoms with E-state index in [0.29, 0.717) is 11.2 Å². The van der Waals surface area contributed by atoms with E-state index in [-0.39, 0.29) is 0 Å². The lowest BCUT2D eigenvalue weighted by atomic mass is 10.3. The molecule has 0 saturated heterocycles. The van der Waals surface area contributed by atoms with Crippen LogP contribution in [0.1, 0.15) is 0 Å². The van der Waals surface area contributed by atoms with E-state index in [1.54, 1.807) is 6.33 Å². The Kier molecular flexibility index (Phi) is 1.23. The molecular weight excluding hydrogens is 204 g/mol. The molecule has 4 rings (SSSR count). The quantitative estimate of drug-likeness (QED) is 0.472. The van der Waals surface area contributed by atoms with Crippen LogP contribution in [-0.2, 0) is 0 Å². The molecular formula is C10H6N6. The number of nitrogens with zero attached hydrogens (tertiary/aromatic N) is 5. The predicted octanol–water partition coefficient (Wildman–Crippen LogP) is 1.15. The molecule has 6 heteroatoms. The highest BCUT2D eigenvalue weighted by Crippen LogP contribution is 2.19. The number of para-hydroxylation sites is 2. The topological polar surface area (TPSA) is 71.8 Å². The summed E-state index contributed by atoms with van der Waals surface area (Å²) in [5.41, 5.74) is 4.01. The Morgan fingerprint density at radius 2 is 2.06 bits per heavy atom. The second-order valence-electron chi connectivity index (χ2n) is 3.53. The molecule has 0 saturated carbocycles. The highest BCUT2D eigenvalue weighted by Gasteiger charge is 2.10. The van der Waals surface area contributed by atoms with Crippen molar-refractivity contribution in [3.63, 3.8) is 0 Å². The number of imidazole rings is 1. The third-order valence-electron chi connectivity index (χ3n) is 2.63. The number of fused-ring (bicyclic) bond motifs is 5. The molecule has 0 fully saturated rings. The monoisotopic (exact) mass is 210 g/mol. The van der Waals surface area contributed by atoms with Crippen molar-refractivity contribution in [1.82, 2.24) is 29.8 Å². The van der Waals surface area contributed by atoms with Gasteiger partial charge < -0.3 is 0 Å². The SMILES string of the molecule is c1ccc2c(c1)nc1c3n[nH]nc3ncn21. The number of aromatic amines is 1. The van der Waals surface area contributed by atoms with E-state index in [1.165, 1.54) is 0 Å². The van der Waals surface area contributed by atoms with E-state index in [2.05, 4.69) is 25.4 Å². The minimum Gasteiger partial charge on any atom is -0.281 e. The summed E-state index contributed by atoms with van der Waals surface area (Å²) in [7, 11) is 0. The first-order chi connectivity index (χ1) is 7.93. The molecule has 0 atom stereocenters. The fourth-order valence-electron chi connectivity index (χ4n) is 1.91. The van der Waals surface area contributed by atoms with Gasteiger partial charge in [0.2, 0.25) is 5.65 Å². The van der Waals surface area contributed by atoms with Crippen molar-refractivity contribution in [2.45, 2.75) is 0 Å². The van der Waals surface area contributed by atoms with Gasteiger partial charge in [-0.15, -0.1) is 5.10 Å². The fraction of sp³-hybridized carbons (Fsp3) is 0. The summed E-state index contributed by atoms with van der Waals surface area (Å²) in [6.45, 7) is 0. The molecule has 0 radical (unpaired) electrons. The first kappa shape index (κ1) is 7.75. The zero-order valence-corrected chi connectivity index (χ0v) is 8.12. The largest absolute Gasteiger partial charge is 0.281 e. The van der Waals surface area contributed by atoms with Gasteiger partial charge in [0.25, 0.3) is 0 Å². The smallest absolute Gasteiger partial charge is 0.206 e. The molecule has 4 aromatic rings. The standard InChI is InChI=1S/C10H6N6/c1-2-4-7-6(3-1)12-10-8-9(14-15-13-8)11-5-16(7)10/h1-5H,(H,13,14,15). The fourth-order valence-corrected chi connectivity index (χ4v) is 1.91. The van der Waals surface area contributed by atoms with Crippen molar-refractivity contribution in [2.75, 3.05) is 0 Å². The van der Waals surface area contributed by atoms with Gasteiger partial charge in [-0.3, -0.25) is 4.40 Å². The van der Waals surface area contributed by atoms with E-state index in [1.807, 2.05) is 28.7 Å². The van der Waals surface area contributed by atoms with Crippen LogP contribution < -0.4 is 0 Å². The predicted molar refractivity (Wildman–Crippen MR) is 57.9 cm³/mol. The third kappa shape index (κ3) is 0.813. The van der Waals surface area contributed by atoms with E-state index in [9.17, 15) is 0 Å². The van der Waals surface area contributed by atoms with Crippen LogP contribution in [0.5, 0.6) is 0 Å². The lowest BCUT2D eigenvalue weighted by Crippen LogP contribution is -1.88. The Morgan fingerprint density at radius 1 is 1.12 bits per heavy atom. The van der Waals surface area contributed by atoms with Crippen molar-refractivity contribution in [3.05, 3.63) is 30.6 Å². The van der Waals surface area contributed by atoms with Crippen LogP contribution in [0.3, 0.4) is 0 Å². The average Bonchev–Trinajstić information content (AvgIpc) is 2.92. The number of benzene rings is 1. The zero-order valence-electron chi connectivity index (χ0n) is 8.12. The lowest BCUT2D eigenvalue weighted by molar-refractivity contribution is 0.954. The summed E-state index contributed by atoms with van der Waals surface area (Å²) in [5.74, 6) is 0. The Hall–Kier alpha value is -2.50. The number of H-pyrrole nitrogens is 1. The Labute approximate surface area is 88.9 Å². The second kappa shape index (κ2) is 2.54. The van der Waals surface area contributed by atoms with Crippen molar-refractivity contribution in [2.24, 2.45) is 0 Å². The molecule has 1 N–H and O–H groups in total. The number of hydrogen-bond donors (Lipinski definition) is 1. The van der Waals surface area contributed by atoms with Gasteiger partial charge in [-0.05, 0) is 12.1 Å². The maximum Gasteiger partial charge on any atom is 0.206 e. The number of rotatable bonds is 0. The highest BCUT2D eigenvalue weighted by atomic mass is 15.3. The van der Waals surface area contributed by atoms with Crippen LogP contribution >= 0.6 is 0 Å². The first-order valence-corrected chi connectivity index (χ1v) is 4.86. The Bertz CT molecular complexity index is 812. The molecule has 0 spiro atoms. The number of hydrogen-bond acceptors (Lipinski definition) is 4. The van der Waals surface area contributed by atoms with Crippen LogP contribution in [0.4, 0.5) is 0 Å². The highest BCUT2D eigenvalue weighted by molar-refractivity contribution is 5.91. The molecule has 3 heterocycles. The molecule has 0 unspecified atom stereocenters. The van der Waals surface area contributed by atoms with Crippen LogP contribution in [0, 0.1) is 0 Å². The second-order valence-corrected chi connectivity index (χ2v) is 3.53. The van der Waals surface area contributed by atoms with Gasteiger partial charge >= 0.3 is 0 Å². The third-order valence-corrected chi connectivity index (χ3v) is 2.63. The number of nitrogens with one attached hydrogen (secondary N) is 1. The molecule has 1 aromatic carbocycles. The molecule has 76 valence electrons. The summed E-state index contributed by atoms with van der Waals surface area (Å²) in [6.07, 6.45) is 1.72. The molecule has 6 nitrogen and oxygen atoms in total. The van der Waals surface area contributed by atoms with Crippen molar-refractivity contribution < 1.29 is 0 Å². The van der Waals surface area contributed by atoms with E-state index in [4.69, 9.17) is 0 Å². The van der Waals surface area contributed by atoms with E-state index in [0.717, 1.165) is 16.7 Å². The maximum atomic E-state index is 4.52. The Balaban J connectivity index is 2.38.